The first-order valence-corrected chi connectivity index (χ1v) is 7.38. The van der Waals surface area contributed by atoms with E-state index in [1.807, 2.05) is 42.5 Å². The van der Waals surface area contributed by atoms with Gasteiger partial charge in [0.15, 0.2) is 0 Å². The summed E-state index contributed by atoms with van der Waals surface area (Å²) in [7, 11) is 2.07. The summed E-state index contributed by atoms with van der Waals surface area (Å²) in [5.74, 6) is 0.737. The zero-order chi connectivity index (χ0) is 15.2. The van der Waals surface area contributed by atoms with Gasteiger partial charge in [-0.05, 0) is 43.8 Å². The van der Waals surface area contributed by atoms with Gasteiger partial charge in [-0.25, -0.2) is 0 Å². The molecule has 0 saturated heterocycles. The number of rotatable bonds is 6. The molecule has 0 amide bonds. The molecule has 2 rings (SSSR count). The second-order valence-corrected chi connectivity index (χ2v) is 5.53. The Hall–Kier alpha value is -1.71. The molecule has 0 radical (unpaired) electrons. The van der Waals surface area contributed by atoms with E-state index in [1.165, 1.54) is 5.56 Å². The van der Waals surface area contributed by atoms with Gasteiger partial charge in [0, 0.05) is 17.6 Å². The third-order valence-corrected chi connectivity index (χ3v) is 3.85. The number of nitrogens with zero attached hydrogens (tertiary/aromatic N) is 1. The molecule has 0 bridgehead atoms. The molecule has 2 aromatic carbocycles. The van der Waals surface area contributed by atoms with Crippen molar-refractivity contribution < 1.29 is 4.74 Å². The molecule has 112 valence electrons. The minimum Gasteiger partial charge on any atom is -0.490 e. The van der Waals surface area contributed by atoms with Gasteiger partial charge in [-0.2, -0.15) is 0 Å². The number of halogens is 1. The Morgan fingerprint density at radius 3 is 2.67 bits per heavy atom. The third kappa shape index (κ3) is 4.38. The summed E-state index contributed by atoms with van der Waals surface area (Å²) in [6.07, 6.45) is 0. The highest BCUT2D eigenvalue weighted by molar-refractivity contribution is 6.30. The van der Waals surface area contributed by atoms with Crippen LogP contribution in [0.3, 0.4) is 0 Å². The van der Waals surface area contributed by atoms with Crippen molar-refractivity contribution in [3.63, 3.8) is 0 Å². The van der Waals surface area contributed by atoms with Gasteiger partial charge >= 0.3 is 0 Å². The van der Waals surface area contributed by atoms with Crippen LogP contribution in [0.25, 0.3) is 0 Å². The van der Waals surface area contributed by atoms with Gasteiger partial charge in [-0.3, -0.25) is 4.90 Å². The maximum atomic E-state index is 6.04. The van der Waals surface area contributed by atoms with Crippen molar-refractivity contribution in [3.05, 3.63) is 59.1 Å². The molecule has 0 spiro atoms. The number of benzene rings is 2. The number of hydrogen-bond donors (Lipinski definition) is 1. The molecular weight excluding hydrogens is 284 g/mol. The maximum absolute atomic E-state index is 6.04. The SMILES string of the molecule is CC(c1cccc(Cl)c1)N(C)CCOc1ccccc1N. The van der Waals surface area contributed by atoms with Crippen LogP contribution in [0, 0.1) is 0 Å². The van der Waals surface area contributed by atoms with E-state index in [4.69, 9.17) is 22.1 Å². The van der Waals surface area contributed by atoms with Gasteiger partial charge in [0.1, 0.15) is 12.4 Å². The number of ether oxygens (including phenoxy) is 1. The predicted molar refractivity (Wildman–Crippen MR) is 88.8 cm³/mol. The second-order valence-electron chi connectivity index (χ2n) is 5.10. The van der Waals surface area contributed by atoms with Crippen molar-refractivity contribution in [2.45, 2.75) is 13.0 Å². The Morgan fingerprint density at radius 2 is 1.95 bits per heavy atom. The first kappa shape index (κ1) is 15.7. The van der Waals surface area contributed by atoms with Gasteiger partial charge < -0.3 is 10.5 Å². The van der Waals surface area contributed by atoms with E-state index in [0.717, 1.165) is 17.3 Å². The minimum absolute atomic E-state index is 0.278. The standard InChI is InChI=1S/C17H21ClN2O/c1-13(14-6-5-7-15(18)12-14)20(2)10-11-21-17-9-4-3-8-16(17)19/h3-9,12-13H,10-11,19H2,1-2H3. The van der Waals surface area contributed by atoms with Crippen molar-refractivity contribution in [1.29, 1.82) is 0 Å². The third-order valence-electron chi connectivity index (χ3n) is 3.61. The van der Waals surface area contributed by atoms with E-state index in [0.29, 0.717) is 12.3 Å². The van der Waals surface area contributed by atoms with Gasteiger partial charge in [0.05, 0.1) is 5.69 Å². The van der Waals surface area contributed by atoms with Crippen LogP contribution in [0.15, 0.2) is 48.5 Å². The molecule has 0 saturated carbocycles. The summed E-state index contributed by atoms with van der Waals surface area (Å²) in [5, 5.41) is 0.765. The summed E-state index contributed by atoms with van der Waals surface area (Å²) in [5.41, 5.74) is 7.72. The van der Waals surface area contributed by atoms with Crippen molar-refractivity contribution in [3.8, 4) is 5.75 Å². The largest absolute Gasteiger partial charge is 0.490 e. The fourth-order valence-corrected chi connectivity index (χ4v) is 2.32. The normalized spacial score (nSPS) is 12.4. The van der Waals surface area contributed by atoms with E-state index in [-0.39, 0.29) is 6.04 Å². The molecule has 0 fully saturated rings. The first-order chi connectivity index (χ1) is 10.1. The summed E-state index contributed by atoms with van der Waals surface area (Å²) >= 11 is 6.04. The number of anilines is 1. The molecule has 3 nitrogen and oxygen atoms in total. The van der Waals surface area contributed by atoms with Crippen LogP contribution in [0.2, 0.25) is 5.02 Å². The zero-order valence-electron chi connectivity index (χ0n) is 12.4. The van der Waals surface area contributed by atoms with Gasteiger partial charge in [-0.15, -0.1) is 0 Å². The smallest absolute Gasteiger partial charge is 0.142 e. The quantitative estimate of drug-likeness (QED) is 0.820. The van der Waals surface area contributed by atoms with Gasteiger partial charge in [0.25, 0.3) is 0 Å². The van der Waals surface area contributed by atoms with Crippen LogP contribution >= 0.6 is 11.6 Å². The molecule has 0 aromatic heterocycles. The van der Waals surface area contributed by atoms with Crippen molar-refractivity contribution >= 4 is 17.3 Å². The lowest BCUT2D eigenvalue weighted by atomic mass is 10.1. The summed E-state index contributed by atoms with van der Waals surface area (Å²) in [6, 6.07) is 15.8. The molecule has 21 heavy (non-hydrogen) atoms. The number of hydrogen-bond acceptors (Lipinski definition) is 3. The van der Waals surface area contributed by atoms with Crippen LogP contribution < -0.4 is 10.5 Å². The summed E-state index contributed by atoms with van der Waals surface area (Å²) in [4.78, 5) is 2.23. The van der Waals surface area contributed by atoms with Crippen molar-refractivity contribution in [1.82, 2.24) is 4.90 Å². The average molecular weight is 305 g/mol. The highest BCUT2D eigenvalue weighted by Crippen LogP contribution is 2.22. The van der Waals surface area contributed by atoms with Crippen molar-refractivity contribution in [2.24, 2.45) is 0 Å². The molecule has 0 aliphatic rings. The Bertz CT molecular complexity index is 589. The first-order valence-electron chi connectivity index (χ1n) is 7.01. The monoisotopic (exact) mass is 304 g/mol. The lowest BCUT2D eigenvalue weighted by molar-refractivity contribution is 0.201. The van der Waals surface area contributed by atoms with Gasteiger partial charge in [0.2, 0.25) is 0 Å². The lowest BCUT2D eigenvalue weighted by Crippen LogP contribution is -2.27. The highest BCUT2D eigenvalue weighted by Gasteiger charge is 2.12. The van der Waals surface area contributed by atoms with Crippen LogP contribution in [-0.4, -0.2) is 25.1 Å². The summed E-state index contributed by atoms with van der Waals surface area (Å²) < 4.78 is 5.72. The van der Waals surface area contributed by atoms with Crippen molar-refractivity contribution in [2.75, 3.05) is 25.9 Å². The molecule has 1 unspecified atom stereocenters. The van der Waals surface area contributed by atoms with E-state index in [1.54, 1.807) is 0 Å². The number of nitrogens with two attached hydrogens (primary N) is 1. The van der Waals surface area contributed by atoms with E-state index in [2.05, 4.69) is 24.9 Å². The predicted octanol–water partition coefficient (Wildman–Crippen LogP) is 3.99. The highest BCUT2D eigenvalue weighted by atomic mass is 35.5. The molecule has 2 aromatic rings. The fraction of sp³-hybridized carbons (Fsp3) is 0.294. The zero-order valence-corrected chi connectivity index (χ0v) is 13.2. The Morgan fingerprint density at radius 1 is 1.19 bits per heavy atom. The molecular formula is C17H21ClN2O. The number of nitrogen functional groups attached to an aromatic ring is 1. The summed E-state index contributed by atoms with van der Waals surface area (Å²) in [6.45, 7) is 3.56. The lowest BCUT2D eigenvalue weighted by Gasteiger charge is -2.25. The molecule has 4 heteroatoms. The number of likely N-dealkylation sites (N-methyl/N-ethyl adjacent to an activating group) is 1. The fourth-order valence-electron chi connectivity index (χ4n) is 2.13. The molecule has 1 atom stereocenters. The van der Waals surface area contributed by atoms with E-state index in [9.17, 15) is 0 Å². The van der Waals surface area contributed by atoms with Crippen LogP contribution in [0.4, 0.5) is 5.69 Å². The molecule has 0 aliphatic heterocycles. The number of para-hydroxylation sites is 2. The Kier molecular flexibility index (Phi) is 5.48. The Labute approximate surface area is 131 Å². The average Bonchev–Trinajstić information content (AvgIpc) is 2.48. The van der Waals surface area contributed by atoms with E-state index >= 15 is 0 Å². The Balaban J connectivity index is 1.87. The van der Waals surface area contributed by atoms with Gasteiger partial charge in [-0.1, -0.05) is 35.9 Å². The van der Waals surface area contributed by atoms with Crippen LogP contribution in [0.5, 0.6) is 5.75 Å². The minimum atomic E-state index is 0.278. The van der Waals surface area contributed by atoms with E-state index < -0.39 is 0 Å². The topological polar surface area (TPSA) is 38.5 Å². The molecule has 2 N–H and O–H groups in total. The van der Waals surface area contributed by atoms with Crippen LogP contribution in [-0.2, 0) is 0 Å². The maximum Gasteiger partial charge on any atom is 0.142 e. The molecule has 0 aliphatic carbocycles. The second kappa shape index (κ2) is 7.34. The molecule has 0 heterocycles. The van der Waals surface area contributed by atoms with Crippen LogP contribution in [0.1, 0.15) is 18.5 Å².